The van der Waals surface area contributed by atoms with Crippen molar-refractivity contribution in [2.24, 2.45) is 0 Å². The van der Waals surface area contributed by atoms with Gasteiger partial charge in [-0.15, -0.1) is 0 Å². The second-order valence-electron chi connectivity index (χ2n) is 7.51. The van der Waals surface area contributed by atoms with Crippen molar-refractivity contribution in [2.75, 3.05) is 33.9 Å². The van der Waals surface area contributed by atoms with Gasteiger partial charge in [0, 0.05) is 12.0 Å². The Morgan fingerprint density at radius 1 is 0.931 bits per heavy atom. The summed E-state index contributed by atoms with van der Waals surface area (Å²) in [4.78, 5) is 0. The van der Waals surface area contributed by atoms with Crippen molar-refractivity contribution in [1.82, 2.24) is 0 Å². The van der Waals surface area contributed by atoms with E-state index in [1.807, 2.05) is 48.5 Å². The zero-order chi connectivity index (χ0) is 20.8. The maximum atomic E-state index is 12.2. The second-order valence-corrected chi connectivity index (χ2v) is 7.51. The molecule has 162 valence electrons. The maximum Gasteiger partial charge on any atom is 0.125 e. The highest BCUT2D eigenvalue weighted by atomic mass is 127. The molecule has 0 fully saturated rings. The molecule has 0 aliphatic heterocycles. The zero-order valence-electron chi connectivity index (χ0n) is 18.6. The summed E-state index contributed by atoms with van der Waals surface area (Å²) in [7, 11) is 3.29. The van der Waals surface area contributed by atoms with Crippen LogP contribution in [0.1, 0.15) is 45.2 Å². The zero-order valence-corrected chi connectivity index (χ0v) is 20.8. The van der Waals surface area contributed by atoms with E-state index in [1.54, 1.807) is 14.2 Å². The van der Waals surface area contributed by atoms with E-state index in [4.69, 9.17) is 9.47 Å². The first-order valence-electron chi connectivity index (χ1n) is 10.3. The number of methoxy groups -OCH3 is 2. The van der Waals surface area contributed by atoms with Crippen molar-refractivity contribution in [3.63, 3.8) is 0 Å². The van der Waals surface area contributed by atoms with Crippen LogP contribution in [0.5, 0.6) is 11.5 Å². The molecular weight excluding hydrogens is 477 g/mol. The molecule has 2 aromatic rings. The van der Waals surface area contributed by atoms with E-state index in [1.165, 1.54) is 0 Å². The van der Waals surface area contributed by atoms with Gasteiger partial charge in [-0.1, -0.05) is 30.3 Å². The number of halogens is 1. The Balaban J connectivity index is 0.00000420. The van der Waals surface area contributed by atoms with Gasteiger partial charge in [-0.25, -0.2) is 0 Å². The van der Waals surface area contributed by atoms with Crippen LogP contribution in [-0.4, -0.2) is 49.5 Å². The van der Waals surface area contributed by atoms with Crippen LogP contribution in [0.2, 0.25) is 0 Å². The van der Waals surface area contributed by atoms with Crippen molar-refractivity contribution in [3.8, 4) is 11.5 Å². The summed E-state index contributed by atoms with van der Waals surface area (Å²) >= 11 is 0. The summed E-state index contributed by atoms with van der Waals surface area (Å²) < 4.78 is 12.0. The molecule has 0 spiro atoms. The van der Waals surface area contributed by atoms with E-state index in [-0.39, 0.29) is 30.0 Å². The number of ether oxygens (including phenoxy) is 2. The summed E-state index contributed by atoms with van der Waals surface area (Å²) in [5.41, 5.74) is 0.437. The summed E-state index contributed by atoms with van der Waals surface area (Å²) in [6.45, 7) is 12.1. The lowest BCUT2D eigenvalue weighted by molar-refractivity contribution is -0.945. The monoisotopic (exact) mass is 513 g/mol. The molecule has 2 rings (SSSR count). The van der Waals surface area contributed by atoms with Crippen LogP contribution < -0.4 is 33.5 Å². The number of aliphatic hydroxyl groups is 1. The molecule has 0 aliphatic carbocycles. The predicted molar refractivity (Wildman–Crippen MR) is 115 cm³/mol. The third kappa shape index (κ3) is 5.25. The molecule has 0 bridgehead atoms. The van der Waals surface area contributed by atoms with Crippen molar-refractivity contribution < 1.29 is 43.0 Å². The number of hydrogen-bond donors (Lipinski definition) is 1. The summed E-state index contributed by atoms with van der Waals surface area (Å²) in [6.07, 6.45) is 0.593. The van der Waals surface area contributed by atoms with Crippen LogP contribution in [0.25, 0.3) is 0 Å². The molecule has 1 N–H and O–H groups in total. The van der Waals surface area contributed by atoms with E-state index in [0.717, 1.165) is 35.2 Å². The third-order valence-electron chi connectivity index (χ3n) is 6.52. The average Bonchev–Trinajstić information content (AvgIpc) is 2.75. The standard InChI is InChI=1S/C24H36NO3.HI/c1-7-25(8-2,9-3)19(4)18-24(26,20-13-11-10-12-14-20)22-17-21(27-5)15-16-23(22)28-6;/h10-17,19,26H,7-9,18H2,1-6H3;1H/q+1;/p-1. The Morgan fingerprint density at radius 3 is 2.00 bits per heavy atom. The van der Waals surface area contributed by atoms with Crippen LogP contribution in [0, 0.1) is 0 Å². The number of nitrogens with zero attached hydrogens (tertiary/aromatic N) is 1. The lowest BCUT2D eigenvalue weighted by Crippen LogP contribution is -3.00. The first-order valence-corrected chi connectivity index (χ1v) is 10.3. The highest BCUT2D eigenvalue weighted by Gasteiger charge is 2.41. The molecule has 2 unspecified atom stereocenters. The smallest absolute Gasteiger partial charge is 0.125 e. The van der Waals surface area contributed by atoms with Gasteiger partial charge in [0.05, 0.1) is 39.9 Å². The van der Waals surface area contributed by atoms with E-state index in [0.29, 0.717) is 17.9 Å². The Labute approximate surface area is 193 Å². The average molecular weight is 513 g/mol. The topological polar surface area (TPSA) is 38.7 Å². The Kier molecular flexibility index (Phi) is 9.92. The van der Waals surface area contributed by atoms with Crippen molar-refractivity contribution in [3.05, 3.63) is 59.7 Å². The molecule has 0 heterocycles. The molecule has 0 saturated heterocycles. The second kappa shape index (κ2) is 11.2. The predicted octanol–water partition coefficient (Wildman–Crippen LogP) is 1.60. The number of quaternary nitrogens is 1. The lowest BCUT2D eigenvalue weighted by Gasteiger charge is -2.45. The van der Waals surface area contributed by atoms with Crippen molar-refractivity contribution in [1.29, 1.82) is 0 Å². The third-order valence-corrected chi connectivity index (χ3v) is 6.52. The quantitative estimate of drug-likeness (QED) is 0.388. The number of hydrogen-bond acceptors (Lipinski definition) is 3. The van der Waals surface area contributed by atoms with Gasteiger partial charge in [0.25, 0.3) is 0 Å². The van der Waals surface area contributed by atoms with E-state index in [2.05, 4.69) is 27.7 Å². The molecule has 0 aliphatic rings. The minimum absolute atomic E-state index is 0. The van der Waals surface area contributed by atoms with Crippen LogP contribution >= 0.6 is 0 Å². The molecule has 4 nitrogen and oxygen atoms in total. The summed E-state index contributed by atoms with van der Waals surface area (Å²) in [5.74, 6) is 1.38. The molecule has 2 aromatic carbocycles. The number of rotatable bonds is 10. The van der Waals surface area contributed by atoms with Gasteiger partial charge in [0.15, 0.2) is 0 Å². The SMILES string of the molecule is CC[N+](CC)(CC)C(C)CC(O)(c1ccccc1)c1cc(OC)ccc1OC.[I-]. The Bertz CT molecular complexity index is 741. The van der Waals surface area contributed by atoms with Gasteiger partial charge in [0.2, 0.25) is 0 Å². The Hall–Kier alpha value is -1.31. The van der Waals surface area contributed by atoms with Crippen LogP contribution in [-0.2, 0) is 5.60 Å². The molecule has 29 heavy (non-hydrogen) atoms. The van der Waals surface area contributed by atoms with Crippen molar-refractivity contribution in [2.45, 2.75) is 45.8 Å². The van der Waals surface area contributed by atoms with Crippen molar-refractivity contribution >= 4 is 0 Å². The number of benzene rings is 2. The van der Waals surface area contributed by atoms with Gasteiger partial charge < -0.3 is 43.0 Å². The fourth-order valence-electron chi connectivity index (χ4n) is 4.46. The molecule has 0 radical (unpaired) electrons. The molecule has 5 heteroatoms. The van der Waals surface area contributed by atoms with E-state index in [9.17, 15) is 5.11 Å². The van der Waals surface area contributed by atoms with E-state index < -0.39 is 5.60 Å². The molecule has 0 saturated carbocycles. The van der Waals surface area contributed by atoms with Crippen LogP contribution in [0.4, 0.5) is 0 Å². The van der Waals surface area contributed by atoms with Crippen LogP contribution in [0.3, 0.4) is 0 Å². The van der Waals surface area contributed by atoms with Crippen LogP contribution in [0.15, 0.2) is 48.5 Å². The van der Waals surface area contributed by atoms with Gasteiger partial charge in [-0.3, -0.25) is 0 Å². The molecule has 0 aromatic heterocycles. The molecule has 0 amide bonds. The van der Waals surface area contributed by atoms with Gasteiger partial charge >= 0.3 is 0 Å². The first-order chi connectivity index (χ1) is 13.4. The largest absolute Gasteiger partial charge is 1.00 e. The summed E-state index contributed by atoms with van der Waals surface area (Å²) in [5, 5.41) is 12.2. The fraction of sp³-hybridized carbons (Fsp3) is 0.500. The summed E-state index contributed by atoms with van der Waals surface area (Å²) in [6, 6.07) is 15.8. The minimum Gasteiger partial charge on any atom is -1.00 e. The highest BCUT2D eigenvalue weighted by Crippen LogP contribution is 2.42. The minimum atomic E-state index is -1.18. The normalized spacial score (nSPS) is 14.4. The lowest BCUT2D eigenvalue weighted by atomic mass is 9.80. The maximum absolute atomic E-state index is 12.2. The highest BCUT2D eigenvalue weighted by molar-refractivity contribution is 5.48. The Morgan fingerprint density at radius 2 is 1.52 bits per heavy atom. The first kappa shape index (κ1) is 25.7. The fourth-order valence-corrected chi connectivity index (χ4v) is 4.46. The molecular formula is C24H36INO3. The molecule has 2 atom stereocenters. The van der Waals surface area contributed by atoms with Gasteiger partial charge in [-0.05, 0) is 51.5 Å². The van der Waals surface area contributed by atoms with E-state index >= 15 is 0 Å². The van der Waals surface area contributed by atoms with Gasteiger partial charge in [-0.2, -0.15) is 0 Å². The van der Waals surface area contributed by atoms with Gasteiger partial charge in [0.1, 0.15) is 17.1 Å².